The number of piperidine rings is 1. The van der Waals surface area contributed by atoms with E-state index in [-0.39, 0.29) is 6.04 Å². The van der Waals surface area contributed by atoms with Crippen LogP contribution in [0.15, 0.2) is 36.5 Å². The normalized spacial score (nSPS) is 16.2. The molecule has 0 aliphatic carbocycles. The molecule has 1 aliphatic rings. The maximum atomic E-state index is 5.29. The molecule has 1 N–H and O–H groups in total. The van der Waals surface area contributed by atoms with Crippen molar-refractivity contribution < 1.29 is 9.47 Å². The third-order valence-electron chi connectivity index (χ3n) is 4.62. The van der Waals surface area contributed by atoms with Crippen molar-refractivity contribution >= 4 is 5.95 Å². The first-order valence-corrected chi connectivity index (χ1v) is 8.79. The average molecular weight is 342 g/mol. The van der Waals surface area contributed by atoms with E-state index in [2.05, 4.69) is 32.3 Å². The van der Waals surface area contributed by atoms with Gasteiger partial charge in [0.1, 0.15) is 5.75 Å². The van der Waals surface area contributed by atoms with E-state index in [4.69, 9.17) is 9.47 Å². The Bertz CT molecular complexity index is 657. The molecule has 3 rings (SSSR count). The number of benzene rings is 1. The van der Waals surface area contributed by atoms with Gasteiger partial charge in [0.2, 0.25) is 11.8 Å². The highest BCUT2D eigenvalue weighted by Crippen LogP contribution is 2.26. The Hall–Kier alpha value is -2.34. The van der Waals surface area contributed by atoms with Crippen LogP contribution < -0.4 is 14.8 Å². The lowest BCUT2D eigenvalue weighted by molar-refractivity contribution is 0.170. The Morgan fingerprint density at radius 2 is 1.80 bits per heavy atom. The van der Waals surface area contributed by atoms with Gasteiger partial charge in [0.15, 0.2) is 0 Å². The van der Waals surface area contributed by atoms with Gasteiger partial charge in [0.25, 0.3) is 0 Å². The zero-order valence-corrected chi connectivity index (χ0v) is 14.9. The minimum absolute atomic E-state index is 0.279. The van der Waals surface area contributed by atoms with Crippen molar-refractivity contribution in [3.8, 4) is 11.6 Å². The molecule has 2 heterocycles. The second-order valence-corrected chi connectivity index (χ2v) is 6.19. The molecule has 1 saturated heterocycles. The van der Waals surface area contributed by atoms with Crippen LogP contribution in [0.25, 0.3) is 0 Å². The van der Waals surface area contributed by atoms with Crippen molar-refractivity contribution in [3.63, 3.8) is 0 Å². The van der Waals surface area contributed by atoms with Gasteiger partial charge in [-0.05, 0) is 43.6 Å². The van der Waals surface area contributed by atoms with Crippen molar-refractivity contribution in [2.75, 3.05) is 39.2 Å². The van der Waals surface area contributed by atoms with E-state index >= 15 is 0 Å². The predicted octanol–water partition coefficient (Wildman–Crippen LogP) is 3.13. The van der Waals surface area contributed by atoms with E-state index in [1.807, 2.05) is 12.1 Å². The van der Waals surface area contributed by atoms with E-state index in [1.165, 1.54) is 24.8 Å². The first kappa shape index (κ1) is 17.5. The second-order valence-electron chi connectivity index (χ2n) is 6.19. The summed E-state index contributed by atoms with van der Waals surface area (Å²) in [7, 11) is 3.30. The van der Waals surface area contributed by atoms with Crippen LogP contribution in [-0.2, 0) is 0 Å². The Morgan fingerprint density at radius 1 is 1.04 bits per heavy atom. The maximum Gasteiger partial charge on any atom is 0.226 e. The Morgan fingerprint density at radius 3 is 2.48 bits per heavy atom. The zero-order chi connectivity index (χ0) is 17.5. The monoisotopic (exact) mass is 342 g/mol. The number of hydrogen-bond donors (Lipinski definition) is 1. The van der Waals surface area contributed by atoms with Crippen LogP contribution in [0.2, 0.25) is 0 Å². The van der Waals surface area contributed by atoms with Crippen molar-refractivity contribution in [1.29, 1.82) is 0 Å². The summed E-state index contributed by atoms with van der Waals surface area (Å²) in [6.07, 6.45) is 5.53. The van der Waals surface area contributed by atoms with Gasteiger partial charge in [-0.1, -0.05) is 18.6 Å². The third kappa shape index (κ3) is 4.60. The summed E-state index contributed by atoms with van der Waals surface area (Å²) < 4.78 is 10.5. The highest BCUT2D eigenvalue weighted by molar-refractivity contribution is 5.32. The van der Waals surface area contributed by atoms with E-state index < -0.39 is 0 Å². The molecule has 1 aliphatic heterocycles. The molecule has 1 atom stereocenters. The van der Waals surface area contributed by atoms with Crippen LogP contribution in [0.5, 0.6) is 11.6 Å². The molecular formula is C19H26N4O2. The molecule has 6 nitrogen and oxygen atoms in total. The molecule has 0 spiro atoms. The maximum absolute atomic E-state index is 5.29. The fourth-order valence-electron chi connectivity index (χ4n) is 3.24. The number of ether oxygens (including phenoxy) is 2. The third-order valence-corrected chi connectivity index (χ3v) is 4.62. The molecule has 1 aromatic heterocycles. The van der Waals surface area contributed by atoms with Crippen LogP contribution in [0, 0.1) is 0 Å². The first-order chi connectivity index (χ1) is 12.3. The minimum Gasteiger partial charge on any atom is -0.497 e. The SMILES string of the molecule is COc1ccc(C(CNc2nccc(OC)n2)N2CCCCC2)cc1. The molecule has 2 aromatic rings. The minimum atomic E-state index is 0.279. The number of anilines is 1. The summed E-state index contributed by atoms with van der Waals surface area (Å²) in [5.41, 5.74) is 1.28. The van der Waals surface area contributed by atoms with E-state index in [9.17, 15) is 0 Å². The van der Waals surface area contributed by atoms with Crippen LogP contribution in [0.1, 0.15) is 30.9 Å². The van der Waals surface area contributed by atoms with Crippen molar-refractivity contribution in [2.45, 2.75) is 25.3 Å². The fourth-order valence-corrected chi connectivity index (χ4v) is 3.24. The van der Waals surface area contributed by atoms with Gasteiger partial charge < -0.3 is 14.8 Å². The van der Waals surface area contributed by atoms with Crippen LogP contribution >= 0.6 is 0 Å². The molecule has 1 fully saturated rings. The van der Waals surface area contributed by atoms with E-state index in [1.54, 1.807) is 26.5 Å². The number of nitrogens with one attached hydrogen (secondary N) is 1. The summed E-state index contributed by atoms with van der Waals surface area (Å²) >= 11 is 0. The first-order valence-electron chi connectivity index (χ1n) is 8.79. The van der Waals surface area contributed by atoms with Gasteiger partial charge in [-0.25, -0.2) is 4.98 Å². The number of likely N-dealkylation sites (tertiary alicyclic amines) is 1. The second kappa shape index (κ2) is 8.67. The molecule has 6 heteroatoms. The fraction of sp³-hybridized carbons (Fsp3) is 0.474. The number of aromatic nitrogens is 2. The number of nitrogens with zero attached hydrogens (tertiary/aromatic N) is 3. The van der Waals surface area contributed by atoms with Gasteiger partial charge in [-0.2, -0.15) is 4.98 Å². The summed E-state index contributed by atoms with van der Waals surface area (Å²) in [6.45, 7) is 2.99. The number of hydrogen-bond acceptors (Lipinski definition) is 6. The van der Waals surface area contributed by atoms with Crippen LogP contribution in [0.4, 0.5) is 5.95 Å². The number of rotatable bonds is 7. The van der Waals surface area contributed by atoms with E-state index in [0.717, 1.165) is 25.4 Å². The Balaban J connectivity index is 1.75. The van der Waals surface area contributed by atoms with Gasteiger partial charge in [-0.15, -0.1) is 0 Å². The highest BCUT2D eigenvalue weighted by Gasteiger charge is 2.22. The van der Waals surface area contributed by atoms with Crippen LogP contribution in [-0.4, -0.2) is 48.7 Å². The largest absolute Gasteiger partial charge is 0.497 e. The molecule has 25 heavy (non-hydrogen) atoms. The molecule has 1 aromatic carbocycles. The topological polar surface area (TPSA) is 59.5 Å². The molecule has 0 bridgehead atoms. The van der Waals surface area contributed by atoms with Crippen molar-refractivity contribution in [2.24, 2.45) is 0 Å². The predicted molar refractivity (Wildman–Crippen MR) is 98.2 cm³/mol. The van der Waals surface area contributed by atoms with Gasteiger partial charge in [0.05, 0.1) is 20.3 Å². The molecule has 134 valence electrons. The lowest BCUT2D eigenvalue weighted by Crippen LogP contribution is -2.37. The summed E-state index contributed by atoms with van der Waals surface area (Å²) in [4.78, 5) is 11.2. The lowest BCUT2D eigenvalue weighted by Gasteiger charge is -2.35. The van der Waals surface area contributed by atoms with E-state index in [0.29, 0.717) is 11.8 Å². The Kier molecular flexibility index (Phi) is 6.06. The summed E-state index contributed by atoms with van der Waals surface area (Å²) in [5, 5.41) is 3.37. The van der Waals surface area contributed by atoms with Crippen molar-refractivity contribution in [1.82, 2.24) is 14.9 Å². The molecule has 0 saturated carbocycles. The molecule has 1 unspecified atom stereocenters. The molecule has 0 radical (unpaired) electrons. The zero-order valence-electron chi connectivity index (χ0n) is 14.9. The van der Waals surface area contributed by atoms with Gasteiger partial charge >= 0.3 is 0 Å². The number of methoxy groups -OCH3 is 2. The standard InChI is InChI=1S/C19H26N4O2/c1-24-16-8-6-15(7-9-16)17(23-12-4-3-5-13-23)14-21-19-20-11-10-18(22-19)25-2/h6-11,17H,3-5,12-14H2,1-2H3,(H,20,21,22). The van der Waals surface area contributed by atoms with Gasteiger partial charge in [0, 0.05) is 18.8 Å². The summed E-state index contributed by atoms with van der Waals surface area (Å²) in [5.74, 6) is 2.04. The van der Waals surface area contributed by atoms with Crippen LogP contribution in [0.3, 0.4) is 0 Å². The molecule has 0 amide bonds. The smallest absolute Gasteiger partial charge is 0.226 e. The Labute approximate surface area is 149 Å². The van der Waals surface area contributed by atoms with Gasteiger partial charge in [-0.3, -0.25) is 4.90 Å². The quantitative estimate of drug-likeness (QED) is 0.834. The lowest BCUT2D eigenvalue weighted by atomic mass is 10.0. The van der Waals surface area contributed by atoms with Crippen molar-refractivity contribution in [3.05, 3.63) is 42.1 Å². The summed E-state index contributed by atoms with van der Waals surface area (Å²) in [6, 6.07) is 10.4. The average Bonchev–Trinajstić information content (AvgIpc) is 2.69. The highest BCUT2D eigenvalue weighted by atomic mass is 16.5. The molecular weight excluding hydrogens is 316 g/mol.